The van der Waals surface area contributed by atoms with Crippen molar-refractivity contribution in [1.29, 1.82) is 0 Å². The van der Waals surface area contributed by atoms with E-state index in [1.807, 2.05) is 0 Å². The molecule has 0 atom stereocenters. The lowest BCUT2D eigenvalue weighted by molar-refractivity contribution is 0.311. The zero-order valence-corrected chi connectivity index (χ0v) is 8.71. The molecular formula is C12H19N. The normalized spacial score (nSPS) is 23.0. The molecule has 0 amide bonds. The second-order valence-corrected chi connectivity index (χ2v) is 4.60. The maximum atomic E-state index is 2.56. The van der Waals surface area contributed by atoms with Crippen LogP contribution in [0, 0.1) is 5.92 Å². The Hall–Kier alpha value is -0.560. The Labute approximate surface area is 81.1 Å². The van der Waals surface area contributed by atoms with Gasteiger partial charge in [-0.25, -0.2) is 0 Å². The molecule has 0 bridgehead atoms. The van der Waals surface area contributed by atoms with Crippen molar-refractivity contribution in [3.8, 4) is 0 Å². The summed E-state index contributed by atoms with van der Waals surface area (Å²) in [6, 6.07) is 0. The molecule has 1 aliphatic heterocycles. The third-order valence-electron chi connectivity index (χ3n) is 2.77. The highest BCUT2D eigenvalue weighted by atomic mass is 15.1. The monoisotopic (exact) mass is 177 g/mol. The van der Waals surface area contributed by atoms with E-state index in [0.29, 0.717) is 0 Å². The number of hydrogen-bond acceptors (Lipinski definition) is 1. The van der Waals surface area contributed by atoms with Gasteiger partial charge in [-0.3, -0.25) is 4.90 Å². The Bertz CT molecular complexity index is 226. The fourth-order valence-electron chi connectivity index (χ4n) is 2.29. The first-order valence-electron chi connectivity index (χ1n) is 5.36. The first-order chi connectivity index (χ1) is 6.25. The van der Waals surface area contributed by atoms with Crippen LogP contribution in [-0.2, 0) is 0 Å². The van der Waals surface area contributed by atoms with Gasteiger partial charge in [-0.1, -0.05) is 26.0 Å². The van der Waals surface area contributed by atoms with Gasteiger partial charge >= 0.3 is 0 Å². The summed E-state index contributed by atoms with van der Waals surface area (Å²) in [7, 11) is 0. The summed E-state index contributed by atoms with van der Waals surface area (Å²) in [4.78, 5) is 2.56. The van der Waals surface area contributed by atoms with E-state index in [2.05, 4.69) is 30.9 Å². The third-order valence-corrected chi connectivity index (χ3v) is 2.77. The number of rotatable bonds is 2. The molecule has 1 heteroatoms. The molecule has 1 aliphatic carbocycles. The van der Waals surface area contributed by atoms with Gasteiger partial charge in [0, 0.05) is 19.6 Å². The zero-order chi connectivity index (χ0) is 9.26. The molecule has 0 radical (unpaired) electrons. The minimum Gasteiger partial charge on any atom is -0.295 e. The highest BCUT2D eigenvalue weighted by Gasteiger charge is 2.22. The molecular weight excluding hydrogens is 158 g/mol. The maximum absolute atomic E-state index is 2.56. The molecule has 0 aromatic carbocycles. The Morgan fingerprint density at radius 1 is 1.15 bits per heavy atom. The molecule has 0 saturated carbocycles. The highest BCUT2D eigenvalue weighted by Crippen LogP contribution is 2.27. The minimum atomic E-state index is 0.793. The lowest BCUT2D eigenvalue weighted by Gasteiger charge is -2.16. The summed E-state index contributed by atoms with van der Waals surface area (Å²) in [5.41, 5.74) is 3.21. The van der Waals surface area contributed by atoms with Crippen LogP contribution in [0.15, 0.2) is 23.3 Å². The number of allylic oxidation sites excluding steroid dienone is 2. The Morgan fingerprint density at radius 2 is 1.69 bits per heavy atom. The summed E-state index contributed by atoms with van der Waals surface area (Å²) in [5, 5.41) is 0. The summed E-state index contributed by atoms with van der Waals surface area (Å²) in [5.74, 6) is 0.793. The van der Waals surface area contributed by atoms with Crippen LogP contribution < -0.4 is 0 Å². The highest BCUT2D eigenvalue weighted by molar-refractivity contribution is 5.39. The van der Waals surface area contributed by atoms with Gasteiger partial charge < -0.3 is 0 Å². The molecule has 1 fully saturated rings. The molecule has 0 unspecified atom stereocenters. The number of fused-ring (bicyclic) bond motifs is 1. The summed E-state index contributed by atoms with van der Waals surface area (Å²) < 4.78 is 0. The van der Waals surface area contributed by atoms with Crippen molar-refractivity contribution in [1.82, 2.24) is 4.90 Å². The van der Waals surface area contributed by atoms with Gasteiger partial charge in [-0.2, -0.15) is 0 Å². The van der Waals surface area contributed by atoms with Crippen molar-refractivity contribution in [2.24, 2.45) is 5.92 Å². The molecule has 1 nitrogen and oxygen atoms in total. The van der Waals surface area contributed by atoms with E-state index >= 15 is 0 Å². The fraction of sp³-hybridized carbons (Fsp3) is 0.667. The van der Waals surface area contributed by atoms with Crippen molar-refractivity contribution >= 4 is 0 Å². The van der Waals surface area contributed by atoms with Crippen molar-refractivity contribution < 1.29 is 0 Å². The van der Waals surface area contributed by atoms with Crippen molar-refractivity contribution in [2.45, 2.75) is 26.7 Å². The average molecular weight is 177 g/mol. The van der Waals surface area contributed by atoms with Crippen LogP contribution in [0.25, 0.3) is 0 Å². The lowest BCUT2D eigenvalue weighted by atomic mass is 10.0. The quantitative estimate of drug-likeness (QED) is 0.626. The summed E-state index contributed by atoms with van der Waals surface area (Å²) >= 11 is 0. The molecule has 1 saturated heterocycles. The van der Waals surface area contributed by atoms with E-state index in [1.54, 1.807) is 11.1 Å². The first kappa shape index (κ1) is 9.01. The maximum Gasteiger partial charge on any atom is 0.0237 e. The lowest BCUT2D eigenvalue weighted by Crippen LogP contribution is -2.24. The van der Waals surface area contributed by atoms with Crippen molar-refractivity contribution in [2.75, 3.05) is 19.6 Å². The molecule has 0 aromatic rings. The van der Waals surface area contributed by atoms with Gasteiger partial charge in [0.2, 0.25) is 0 Å². The van der Waals surface area contributed by atoms with Gasteiger partial charge in [-0.05, 0) is 29.9 Å². The molecule has 2 aliphatic rings. The van der Waals surface area contributed by atoms with E-state index in [0.717, 1.165) is 5.92 Å². The van der Waals surface area contributed by atoms with E-state index < -0.39 is 0 Å². The second-order valence-electron chi connectivity index (χ2n) is 4.60. The third kappa shape index (κ3) is 2.02. The fourth-order valence-corrected chi connectivity index (χ4v) is 2.29. The van der Waals surface area contributed by atoms with Crippen LogP contribution in [0.1, 0.15) is 26.7 Å². The van der Waals surface area contributed by atoms with Crippen molar-refractivity contribution in [3.63, 3.8) is 0 Å². The van der Waals surface area contributed by atoms with E-state index in [9.17, 15) is 0 Å². The van der Waals surface area contributed by atoms with Crippen LogP contribution in [0.5, 0.6) is 0 Å². The number of nitrogens with zero attached hydrogens (tertiary/aromatic N) is 1. The van der Waals surface area contributed by atoms with Gasteiger partial charge in [0.05, 0.1) is 0 Å². The number of hydrogen-bond donors (Lipinski definition) is 0. The molecule has 13 heavy (non-hydrogen) atoms. The van der Waals surface area contributed by atoms with Crippen LogP contribution >= 0.6 is 0 Å². The molecule has 0 N–H and O–H groups in total. The van der Waals surface area contributed by atoms with E-state index in [1.165, 1.54) is 32.5 Å². The molecule has 2 rings (SSSR count). The van der Waals surface area contributed by atoms with Gasteiger partial charge in [0.1, 0.15) is 0 Å². The summed E-state index contributed by atoms with van der Waals surface area (Å²) in [6.45, 7) is 8.23. The van der Waals surface area contributed by atoms with Crippen LogP contribution in [-0.4, -0.2) is 24.5 Å². The first-order valence-corrected chi connectivity index (χ1v) is 5.36. The predicted octanol–water partition coefficient (Wildman–Crippen LogP) is 2.60. The van der Waals surface area contributed by atoms with Gasteiger partial charge in [-0.15, -0.1) is 0 Å². The SMILES string of the molecule is CC(C)CN1CC2=CCCC=C2C1. The standard InChI is InChI=1S/C12H19N/c1-10(2)7-13-8-11-5-3-4-6-12(11)9-13/h5-6,10H,3-4,7-9H2,1-2H3. The average Bonchev–Trinajstić information content (AvgIpc) is 2.44. The zero-order valence-electron chi connectivity index (χ0n) is 8.71. The van der Waals surface area contributed by atoms with Crippen LogP contribution in [0.2, 0.25) is 0 Å². The smallest absolute Gasteiger partial charge is 0.0237 e. The van der Waals surface area contributed by atoms with Crippen molar-refractivity contribution in [3.05, 3.63) is 23.3 Å². The molecule has 0 spiro atoms. The second kappa shape index (κ2) is 3.67. The van der Waals surface area contributed by atoms with E-state index in [4.69, 9.17) is 0 Å². The minimum absolute atomic E-state index is 0.793. The largest absolute Gasteiger partial charge is 0.295 e. The van der Waals surface area contributed by atoms with E-state index in [-0.39, 0.29) is 0 Å². The Kier molecular flexibility index (Phi) is 2.54. The number of likely N-dealkylation sites (tertiary alicyclic amines) is 1. The molecule has 0 aromatic heterocycles. The van der Waals surface area contributed by atoms with Crippen LogP contribution in [0.4, 0.5) is 0 Å². The summed E-state index contributed by atoms with van der Waals surface area (Å²) in [6.07, 6.45) is 7.37. The topological polar surface area (TPSA) is 3.24 Å². The van der Waals surface area contributed by atoms with Gasteiger partial charge in [0.15, 0.2) is 0 Å². The van der Waals surface area contributed by atoms with Gasteiger partial charge in [0.25, 0.3) is 0 Å². The Morgan fingerprint density at radius 3 is 2.15 bits per heavy atom. The Balaban J connectivity index is 2.00. The van der Waals surface area contributed by atoms with Crippen LogP contribution in [0.3, 0.4) is 0 Å². The molecule has 1 heterocycles. The molecule has 72 valence electrons. The predicted molar refractivity (Wildman–Crippen MR) is 56.7 cm³/mol.